The van der Waals surface area contributed by atoms with E-state index in [2.05, 4.69) is 38.7 Å². The van der Waals surface area contributed by atoms with Gasteiger partial charge in [0.2, 0.25) is 5.91 Å². The van der Waals surface area contributed by atoms with Crippen LogP contribution in [0.5, 0.6) is 0 Å². The number of amides is 1. The zero-order chi connectivity index (χ0) is 21.6. The van der Waals surface area contributed by atoms with E-state index in [0.29, 0.717) is 43.6 Å². The highest BCUT2D eigenvalue weighted by molar-refractivity contribution is 6.27. The van der Waals surface area contributed by atoms with Crippen molar-refractivity contribution in [2.24, 2.45) is 5.92 Å². The minimum Gasteiger partial charge on any atom is -0.370 e. The fraction of sp³-hybridized carbons (Fsp3) is 0.696. The lowest BCUT2D eigenvalue weighted by atomic mass is 9.87. The summed E-state index contributed by atoms with van der Waals surface area (Å²) in [6, 6.07) is 2.53. The van der Waals surface area contributed by atoms with E-state index in [1.54, 1.807) is 0 Å². The number of ether oxygens (including phenoxy) is 1. The number of fused-ring (bicyclic) bond motifs is 1. The van der Waals surface area contributed by atoms with Crippen LogP contribution in [0.2, 0.25) is 0 Å². The molecule has 7 heteroatoms. The number of piperazine rings is 1. The maximum absolute atomic E-state index is 12.4. The molecule has 4 rings (SSSR count). The van der Waals surface area contributed by atoms with E-state index in [4.69, 9.17) is 21.3 Å². The first-order valence-corrected chi connectivity index (χ1v) is 11.5. The lowest BCUT2D eigenvalue weighted by Crippen LogP contribution is -2.58. The van der Waals surface area contributed by atoms with Crippen LogP contribution in [0.15, 0.2) is 0 Å². The Hall–Kier alpha value is -1.84. The maximum atomic E-state index is 12.4. The topological polar surface area (TPSA) is 69.5 Å². The average Bonchev–Trinajstić information content (AvgIpc) is 3.56. The second-order valence-electron chi connectivity index (χ2n) is 9.74. The molecule has 30 heavy (non-hydrogen) atoms. The summed E-state index contributed by atoms with van der Waals surface area (Å²) in [4.78, 5) is 21.5. The normalized spacial score (nSPS) is 23.3. The third kappa shape index (κ3) is 3.90. The van der Waals surface area contributed by atoms with Gasteiger partial charge in [-0.3, -0.25) is 4.79 Å². The lowest BCUT2D eigenvalue weighted by molar-refractivity contribution is -0.132. The predicted molar refractivity (Wildman–Crippen MR) is 117 cm³/mol. The van der Waals surface area contributed by atoms with Gasteiger partial charge >= 0.3 is 0 Å². The molecule has 2 fully saturated rings. The molecule has 3 aliphatic rings. The summed E-state index contributed by atoms with van der Waals surface area (Å²) >= 11 is 5.85. The van der Waals surface area contributed by atoms with E-state index >= 15 is 0 Å². The number of anilines is 1. The average molecular weight is 431 g/mol. The molecule has 1 amide bonds. The van der Waals surface area contributed by atoms with Gasteiger partial charge in [0.25, 0.3) is 0 Å². The van der Waals surface area contributed by atoms with Gasteiger partial charge in [0.15, 0.2) is 0 Å². The third-order valence-corrected chi connectivity index (χ3v) is 6.86. The monoisotopic (exact) mass is 430 g/mol. The van der Waals surface area contributed by atoms with Crippen molar-refractivity contribution in [1.82, 2.24) is 9.88 Å². The Bertz CT molecular complexity index is 888. The van der Waals surface area contributed by atoms with Gasteiger partial charge < -0.3 is 14.5 Å². The highest BCUT2D eigenvalue weighted by Gasteiger charge is 2.39. The van der Waals surface area contributed by atoms with E-state index in [0.717, 1.165) is 41.9 Å². The van der Waals surface area contributed by atoms with E-state index in [9.17, 15) is 10.1 Å². The summed E-state index contributed by atoms with van der Waals surface area (Å²) < 4.78 is 6.08. The van der Waals surface area contributed by atoms with Crippen molar-refractivity contribution in [3.8, 4) is 6.07 Å². The Balaban J connectivity index is 1.75. The standard InChI is InChI=1S/C23H31ClN4O2/c1-14(2)19-12-27(7-8-28(19)20(29)10-24)22-17(11-25)16-9-23(3,4)30-13-18(16)21(26-22)15-5-6-15/h14-15,19H,5-10,12-13H2,1-4H3/t19-/m0/s1. The summed E-state index contributed by atoms with van der Waals surface area (Å²) in [5.74, 6) is 1.55. The number of hydrogen-bond acceptors (Lipinski definition) is 5. The molecule has 0 N–H and O–H groups in total. The fourth-order valence-corrected chi connectivity index (χ4v) is 4.93. The predicted octanol–water partition coefficient (Wildman–Crippen LogP) is 3.59. The first-order chi connectivity index (χ1) is 14.3. The molecule has 0 radical (unpaired) electrons. The minimum absolute atomic E-state index is 0.00463. The zero-order valence-corrected chi connectivity index (χ0v) is 19.1. The quantitative estimate of drug-likeness (QED) is 0.682. The molecule has 3 heterocycles. The third-order valence-electron chi connectivity index (χ3n) is 6.63. The van der Waals surface area contributed by atoms with Crippen LogP contribution in [0.3, 0.4) is 0 Å². The molecule has 0 unspecified atom stereocenters. The van der Waals surface area contributed by atoms with Crippen molar-refractivity contribution >= 4 is 23.3 Å². The molecule has 2 aliphatic heterocycles. The number of alkyl halides is 1. The molecule has 0 spiro atoms. The first-order valence-electron chi connectivity index (χ1n) is 11.0. The molecule has 1 saturated heterocycles. The van der Waals surface area contributed by atoms with Gasteiger partial charge in [-0.1, -0.05) is 13.8 Å². The maximum Gasteiger partial charge on any atom is 0.237 e. The number of rotatable bonds is 4. The summed E-state index contributed by atoms with van der Waals surface area (Å²) in [5, 5.41) is 10.1. The largest absolute Gasteiger partial charge is 0.370 e. The molecule has 1 aromatic rings. The van der Waals surface area contributed by atoms with E-state index in [-0.39, 0.29) is 23.4 Å². The first kappa shape index (κ1) is 21.4. The van der Waals surface area contributed by atoms with Crippen molar-refractivity contribution in [2.75, 3.05) is 30.4 Å². The van der Waals surface area contributed by atoms with Gasteiger partial charge in [-0.2, -0.15) is 5.26 Å². The Morgan fingerprint density at radius 2 is 2.07 bits per heavy atom. The number of carbonyl (C=O) groups excluding carboxylic acids is 1. The number of pyridine rings is 1. The number of halogens is 1. The number of aromatic nitrogens is 1. The highest BCUT2D eigenvalue weighted by Crippen LogP contribution is 2.45. The zero-order valence-electron chi connectivity index (χ0n) is 18.4. The lowest BCUT2D eigenvalue weighted by Gasteiger charge is -2.44. The molecule has 0 bridgehead atoms. The van der Waals surface area contributed by atoms with E-state index < -0.39 is 0 Å². The van der Waals surface area contributed by atoms with Crippen LogP contribution >= 0.6 is 11.6 Å². The van der Waals surface area contributed by atoms with Gasteiger partial charge in [-0.05, 0) is 38.2 Å². The van der Waals surface area contributed by atoms with Crippen molar-refractivity contribution in [3.05, 3.63) is 22.4 Å². The van der Waals surface area contributed by atoms with Crippen molar-refractivity contribution in [3.63, 3.8) is 0 Å². The molecule has 162 valence electrons. The highest BCUT2D eigenvalue weighted by atomic mass is 35.5. The summed E-state index contributed by atoms with van der Waals surface area (Å²) in [6.45, 7) is 10.9. The van der Waals surface area contributed by atoms with Gasteiger partial charge in [0.05, 0.1) is 29.5 Å². The van der Waals surface area contributed by atoms with Crippen molar-refractivity contribution in [2.45, 2.75) is 71.1 Å². The van der Waals surface area contributed by atoms with Crippen LogP contribution < -0.4 is 4.90 Å². The van der Waals surface area contributed by atoms with Crippen LogP contribution in [-0.2, 0) is 22.6 Å². The molecule has 0 aromatic carbocycles. The van der Waals surface area contributed by atoms with Crippen LogP contribution in [0.25, 0.3) is 0 Å². The Morgan fingerprint density at radius 3 is 2.67 bits per heavy atom. The number of nitriles is 1. The second kappa shape index (κ2) is 8.01. The molecule has 1 atom stereocenters. The summed E-state index contributed by atoms with van der Waals surface area (Å²) in [7, 11) is 0. The Kier molecular flexibility index (Phi) is 5.71. The van der Waals surface area contributed by atoms with E-state index in [1.807, 2.05) is 4.90 Å². The number of nitrogens with zero attached hydrogens (tertiary/aromatic N) is 4. The van der Waals surface area contributed by atoms with Gasteiger partial charge in [-0.25, -0.2) is 4.98 Å². The molecule has 1 aliphatic carbocycles. The molecular formula is C23H31ClN4O2. The SMILES string of the molecule is CC(C)[C@@H]1CN(c2nc(C3CC3)c3c(c2C#N)CC(C)(C)OC3)CCN1C(=O)CCl. The number of carbonyl (C=O) groups is 1. The summed E-state index contributed by atoms with van der Waals surface area (Å²) in [5.41, 5.74) is 3.76. The molecule has 1 saturated carbocycles. The van der Waals surface area contributed by atoms with Crippen LogP contribution in [0.4, 0.5) is 5.82 Å². The Labute approximate surface area is 184 Å². The Morgan fingerprint density at radius 1 is 1.33 bits per heavy atom. The molecular weight excluding hydrogens is 400 g/mol. The van der Waals surface area contributed by atoms with E-state index in [1.165, 1.54) is 0 Å². The second-order valence-corrected chi connectivity index (χ2v) is 10.0. The van der Waals surface area contributed by atoms with Crippen molar-refractivity contribution < 1.29 is 9.53 Å². The molecule has 1 aromatic heterocycles. The fourth-order valence-electron chi connectivity index (χ4n) is 4.78. The van der Waals surface area contributed by atoms with Gasteiger partial charge in [0.1, 0.15) is 17.8 Å². The molecule has 6 nitrogen and oxygen atoms in total. The van der Waals surface area contributed by atoms with Gasteiger partial charge in [0, 0.05) is 37.5 Å². The summed E-state index contributed by atoms with van der Waals surface area (Å²) in [6.07, 6.45) is 3.03. The van der Waals surface area contributed by atoms with Crippen LogP contribution in [0, 0.1) is 17.2 Å². The smallest absolute Gasteiger partial charge is 0.237 e. The minimum atomic E-state index is -0.288. The van der Waals surface area contributed by atoms with Crippen LogP contribution in [0.1, 0.15) is 68.8 Å². The number of hydrogen-bond donors (Lipinski definition) is 0. The van der Waals surface area contributed by atoms with Gasteiger partial charge in [-0.15, -0.1) is 11.6 Å². The van der Waals surface area contributed by atoms with Crippen LogP contribution in [-0.4, -0.2) is 52.9 Å². The van der Waals surface area contributed by atoms with Crippen molar-refractivity contribution in [1.29, 1.82) is 5.26 Å².